The quantitative estimate of drug-likeness (QED) is 0.221. The van der Waals surface area contributed by atoms with Gasteiger partial charge < -0.3 is 31.2 Å². The Morgan fingerprint density at radius 3 is 1.03 bits per heavy atom. The zero-order chi connectivity index (χ0) is 22.0. The molecule has 0 aliphatic carbocycles. The summed E-state index contributed by atoms with van der Waals surface area (Å²) in [5, 5.41) is 5.32. The minimum atomic E-state index is 0. The van der Waals surface area contributed by atoms with Crippen molar-refractivity contribution in [3.05, 3.63) is 152 Å². The Morgan fingerprint density at radius 2 is 0.771 bits per heavy atom. The van der Waals surface area contributed by atoms with Crippen LogP contribution in [0, 0.1) is 6.42 Å². The minimum absolute atomic E-state index is 0. The van der Waals surface area contributed by atoms with E-state index >= 15 is 0 Å². The summed E-state index contributed by atoms with van der Waals surface area (Å²) in [5.74, 6) is 0. The summed E-state index contributed by atoms with van der Waals surface area (Å²) < 4.78 is 0. The average Bonchev–Trinajstić information content (AvgIpc) is 3.64. The summed E-state index contributed by atoms with van der Waals surface area (Å²) in [4.78, 5) is 0. The predicted molar refractivity (Wildman–Crippen MR) is 139 cm³/mol. The van der Waals surface area contributed by atoms with E-state index in [1.54, 1.807) is 0 Å². The molecule has 0 radical (unpaired) electrons. The molecule has 0 bridgehead atoms. The second-order valence-electron chi connectivity index (χ2n) is 6.81. The topological polar surface area (TPSA) is 0 Å². The first kappa shape index (κ1) is 38.2. The maximum absolute atomic E-state index is 2.12. The van der Waals surface area contributed by atoms with Crippen molar-refractivity contribution < 1.29 is 77.2 Å². The van der Waals surface area contributed by atoms with Gasteiger partial charge in [-0.25, -0.2) is 24.3 Å². The van der Waals surface area contributed by atoms with Crippen LogP contribution in [0.2, 0.25) is 0 Å². The molecule has 0 unspecified atom stereocenters. The number of hydrogen-bond donors (Lipinski definition) is 0. The van der Waals surface area contributed by atoms with Gasteiger partial charge in [-0.3, -0.25) is 0 Å². The minimum Gasteiger partial charge on any atom is -1.00 e. The fourth-order valence-electron chi connectivity index (χ4n) is 2.78. The largest absolute Gasteiger partial charge is 4.00 e. The van der Waals surface area contributed by atoms with Gasteiger partial charge in [0.25, 0.3) is 0 Å². The molecule has 6 aromatic rings. The van der Waals surface area contributed by atoms with Crippen LogP contribution in [0.4, 0.5) is 0 Å². The monoisotopic (exact) mass is 653 g/mol. The number of fused-ring (bicyclic) bond motifs is 2. The number of halogens is 2. The number of benzene rings is 2. The molecule has 176 valence electrons. The summed E-state index contributed by atoms with van der Waals surface area (Å²) >= 11 is 0. The molecule has 6 aromatic carbocycles. The van der Waals surface area contributed by atoms with Gasteiger partial charge in [0.05, 0.1) is 0 Å². The second-order valence-corrected chi connectivity index (χ2v) is 6.81. The number of rotatable bonds is 0. The van der Waals surface area contributed by atoms with Gasteiger partial charge in [0.2, 0.25) is 0 Å². The molecule has 0 saturated carbocycles. The third-order valence-corrected chi connectivity index (χ3v) is 4.21. The van der Waals surface area contributed by atoms with E-state index in [-0.39, 0.29) is 77.2 Å². The van der Waals surface area contributed by atoms with Crippen molar-refractivity contribution in [2.75, 3.05) is 0 Å². The second kappa shape index (κ2) is 25.8. The molecule has 0 fully saturated rings. The first-order chi connectivity index (χ1) is 15.3. The van der Waals surface area contributed by atoms with E-state index in [0.29, 0.717) is 0 Å². The van der Waals surface area contributed by atoms with Crippen LogP contribution in [-0.2, 0) is 52.4 Å². The van der Waals surface area contributed by atoms with E-state index in [2.05, 4.69) is 84.9 Å². The van der Waals surface area contributed by atoms with Gasteiger partial charge in [-0.2, -0.15) is 85.3 Å². The van der Waals surface area contributed by atoms with Crippen LogP contribution in [-0.4, -0.2) is 0 Å². The van der Waals surface area contributed by atoms with E-state index in [0.717, 1.165) is 0 Å². The van der Waals surface area contributed by atoms with E-state index in [1.165, 1.54) is 21.5 Å². The summed E-state index contributed by atoms with van der Waals surface area (Å²) in [6, 6.07) is 49.3. The first-order valence-electron chi connectivity index (χ1n) is 10.6. The normalized spacial score (nSPS) is 8.06. The van der Waals surface area contributed by atoms with Crippen LogP contribution in [0.15, 0.2) is 146 Å². The maximum Gasteiger partial charge on any atom is 4.00 e. The fourth-order valence-corrected chi connectivity index (χ4v) is 2.78. The SMILES string of the molecule is C[CH-]C.[Cl-].[Cl-].[Zr+4].[Zr+4].c1cc[cH-]c1.c1cc[cH-]c1.c1ccc2[cH-]ccc2c1.c1ccc2[cH-]ccc2c1. The average molecular weight is 657 g/mol. The summed E-state index contributed by atoms with van der Waals surface area (Å²) in [6.07, 6.45) is 2.00. The third kappa shape index (κ3) is 16.9. The Morgan fingerprint density at radius 1 is 0.457 bits per heavy atom. The van der Waals surface area contributed by atoms with Gasteiger partial charge in [-0.15, -0.1) is 59.3 Å². The summed E-state index contributed by atoms with van der Waals surface area (Å²) in [6.45, 7) is 4.00. The molecule has 0 heterocycles. The van der Waals surface area contributed by atoms with Crippen LogP contribution < -0.4 is 24.8 Å². The molecular formula is C31H31Cl2Zr2+. The molecule has 0 spiro atoms. The Balaban J connectivity index is -0.000000373. The molecule has 0 aliphatic rings. The Labute approximate surface area is 262 Å². The van der Waals surface area contributed by atoms with Crippen LogP contribution in [0.25, 0.3) is 21.5 Å². The Hall–Kier alpha value is -1.29. The molecule has 0 aromatic heterocycles. The van der Waals surface area contributed by atoms with Crippen LogP contribution in [0.1, 0.15) is 13.8 Å². The summed E-state index contributed by atoms with van der Waals surface area (Å²) in [7, 11) is 0. The number of hydrogen-bond acceptors (Lipinski definition) is 0. The van der Waals surface area contributed by atoms with Gasteiger partial charge in [0, 0.05) is 0 Å². The van der Waals surface area contributed by atoms with Crippen LogP contribution in [0.3, 0.4) is 0 Å². The molecular weight excluding hydrogens is 626 g/mol. The van der Waals surface area contributed by atoms with Gasteiger partial charge in [0.15, 0.2) is 0 Å². The van der Waals surface area contributed by atoms with Gasteiger partial charge >= 0.3 is 52.4 Å². The zero-order valence-electron chi connectivity index (χ0n) is 20.2. The predicted octanol–water partition coefficient (Wildman–Crippen LogP) is 3.16. The van der Waals surface area contributed by atoms with Crippen molar-refractivity contribution in [1.82, 2.24) is 0 Å². The van der Waals surface area contributed by atoms with E-state index in [9.17, 15) is 0 Å². The zero-order valence-corrected chi connectivity index (χ0v) is 26.6. The van der Waals surface area contributed by atoms with Crippen molar-refractivity contribution in [2.45, 2.75) is 13.8 Å². The molecule has 35 heavy (non-hydrogen) atoms. The summed E-state index contributed by atoms with van der Waals surface area (Å²) in [5.41, 5.74) is 0. The van der Waals surface area contributed by atoms with Crippen LogP contribution in [0.5, 0.6) is 0 Å². The van der Waals surface area contributed by atoms with Crippen LogP contribution >= 0.6 is 0 Å². The Kier molecular flexibility index (Phi) is 28.2. The van der Waals surface area contributed by atoms with E-state index in [4.69, 9.17) is 0 Å². The molecule has 0 aliphatic heterocycles. The molecule has 0 atom stereocenters. The molecule has 0 saturated heterocycles. The maximum atomic E-state index is 2.12. The first-order valence-corrected chi connectivity index (χ1v) is 10.6. The van der Waals surface area contributed by atoms with E-state index in [1.807, 2.05) is 80.9 Å². The molecule has 0 amide bonds. The Bertz CT molecular complexity index is 950. The smallest absolute Gasteiger partial charge is 1.00 e. The third-order valence-electron chi connectivity index (χ3n) is 4.21. The molecule has 6 rings (SSSR count). The van der Waals surface area contributed by atoms with Crippen molar-refractivity contribution in [3.8, 4) is 0 Å². The van der Waals surface area contributed by atoms with Crippen molar-refractivity contribution in [2.24, 2.45) is 0 Å². The standard InChI is InChI=1S/2C9H7.2C5H5.C3H7.2ClH.2Zr/c2*1-2-5-9-7-3-6-8(9)4-1;2*1-2-4-5-3-1;1-3-2;;;;/h2*1-7H;2*1-5H;3H,1-2H3;2*1H;;/q5*-1;;;2*+4/p-2. The van der Waals surface area contributed by atoms with Gasteiger partial charge in [0.1, 0.15) is 0 Å². The van der Waals surface area contributed by atoms with Crippen molar-refractivity contribution >= 4 is 21.5 Å². The molecule has 4 heteroatoms. The molecule has 0 nitrogen and oxygen atoms in total. The van der Waals surface area contributed by atoms with Crippen molar-refractivity contribution in [1.29, 1.82) is 0 Å². The molecule has 0 N–H and O–H groups in total. The van der Waals surface area contributed by atoms with E-state index < -0.39 is 0 Å². The van der Waals surface area contributed by atoms with Gasteiger partial charge in [-0.05, 0) is 0 Å². The van der Waals surface area contributed by atoms with Crippen molar-refractivity contribution in [3.63, 3.8) is 0 Å². The van der Waals surface area contributed by atoms with Gasteiger partial charge in [-0.1, -0.05) is 12.1 Å². The fraction of sp³-hybridized carbons (Fsp3) is 0.0645.